The summed E-state index contributed by atoms with van der Waals surface area (Å²) >= 11 is 3.48. The van der Waals surface area contributed by atoms with Crippen LogP contribution in [0.4, 0.5) is 0 Å². The van der Waals surface area contributed by atoms with Crippen molar-refractivity contribution in [3.63, 3.8) is 0 Å². The minimum absolute atomic E-state index is 0.612. The van der Waals surface area contributed by atoms with Crippen molar-refractivity contribution >= 4 is 27.0 Å². The summed E-state index contributed by atoms with van der Waals surface area (Å²) < 4.78 is 3.40. The summed E-state index contributed by atoms with van der Waals surface area (Å²) in [6, 6.07) is 5.02. The van der Waals surface area contributed by atoms with E-state index in [1.807, 2.05) is 6.20 Å². The van der Waals surface area contributed by atoms with E-state index in [-0.39, 0.29) is 0 Å². The molecule has 4 heteroatoms. The lowest BCUT2D eigenvalue weighted by atomic mass is 10.2. The maximum atomic E-state index is 4.52. The molecule has 0 amide bonds. The lowest BCUT2D eigenvalue weighted by molar-refractivity contribution is 0.178. The molecule has 3 rings (SSSR count). The van der Waals surface area contributed by atoms with Crippen LogP contribution in [0.25, 0.3) is 11.0 Å². The highest BCUT2D eigenvalue weighted by molar-refractivity contribution is 9.10. The van der Waals surface area contributed by atoms with E-state index in [0.717, 1.165) is 29.8 Å². The Hall–Kier alpha value is -0.870. The molecule has 0 saturated heterocycles. The first-order valence-corrected chi connectivity index (χ1v) is 6.82. The molecule has 3 nitrogen and oxygen atoms in total. The molecule has 0 N–H and O–H groups in total. The third-order valence-electron chi connectivity index (χ3n) is 3.49. The van der Waals surface area contributed by atoms with Crippen LogP contribution in [0, 0.1) is 0 Å². The average Bonchev–Trinajstić information content (AvgIpc) is 2.64. The Labute approximate surface area is 110 Å². The summed E-state index contributed by atoms with van der Waals surface area (Å²) in [4.78, 5) is 7.02. The van der Waals surface area contributed by atoms with Gasteiger partial charge in [0.05, 0.1) is 0 Å². The Bertz CT molecular complexity index is 559. The number of hydrogen-bond acceptors (Lipinski definition) is 2. The number of nitrogens with zero attached hydrogens (tertiary/aromatic N) is 3. The van der Waals surface area contributed by atoms with Gasteiger partial charge >= 0.3 is 0 Å². The van der Waals surface area contributed by atoms with E-state index in [2.05, 4.69) is 56.4 Å². The summed E-state index contributed by atoms with van der Waals surface area (Å²) in [5, 5.41) is 1.24. The number of rotatable bonds is 1. The summed E-state index contributed by atoms with van der Waals surface area (Å²) in [5.41, 5.74) is 2.50. The molecule has 17 heavy (non-hydrogen) atoms. The number of pyridine rings is 1. The van der Waals surface area contributed by atoms with E-state index >= 15 is 0 Å². The van der Waals surface area contributed by atoms with Gasteiger partial charge in [0, 0.05) is 47.4 Å². The summed E-state index contributed by atoms with van der Waals surface area (Å²) in [6.45, 7) is 7.71. The van der Waals surface area contributed by atoms with Crippen molar-refractivity contribution in [3.8, 4) is 0 Å². The molecule has 0 atom stereocenters. The maximum Gasteiger partial charge on any atom is 0.140 e. The van der Waals surface area contributed by atoms with Crippen molar-refractivity contribution in [3.05, 3.63) is 28.5 Å². The van der Waals surface area contributed by atoms with Gasteiger partial charge in [-0.3, -0.25) is 4.90 Å². The minimum Gasteiger partial charge on any atom is -0.327 e. The number of halogens is 1. The van der Waals surface area contributed by atoms with Crippen molar-refractivity contribution < 1.29 is 0 Å². The van der Waals surface area contributed by atoms with Crippen LogP contribution in [0.3, 0.4) is 0 Å². The van der Waals surface area contributed by atoms with Crippen molar-refractivity contribution in [2.75, 3.05) is 6.54 Å². The molecular weight excluding hydrogens is 278 g/mol. The van der Waals surface area contributed by atoms with Gasteiger partial charge in [-0.1, -0.05) is 0 Å². The van der Waals surface area contributed by atoms with E-state index in [0.29, 0.717) is 6.04 Å². The Balaban J connectivity index is 2.07. The highest BCUT2D eigenvalue weighted by Crippen LogP contribution is 2.25. The van der Waals surface area contributed by atoms with Crippen LogP contribution in [0.15, 0.2) is 22.8 Å². The second-order valence-electron chi connectivity index (χ2n) is 4.92. The molecule has 90 valence electrons. The molecule has 2 aromatic heterocycles. The highest BCUT2D eigenvalue weighted by Gasteiger charge is 2.20. The van der Waals surface area contributed by atoms with E-state index in [1.165, 1.54) is 11.1 Å². The fourth-order valence-electron chi connectivity index (χ4n) is 2.51. The first-order valence-electron chi connectivity index (χ1n) is 6.03. The van der Waals surface area contributed by atoms with Crippen LogP contribution in [0.1, 0.15) is 19.5 Å². The van der Waals surface area contributed by atoms with Crippen LogP contribution in [0.5, 0.6) is 0 Å². The van der Waals surface area contributed by atoms with E-state index < -0.39 is 0 Å². The molecule has 0 bridgehead atoms. The monoisotopic (exact) mass is 293 g/mol. The topological polar surface area (TPSA) is 21.1 Å². The molecule has 0 radical (unpaired) electrons. The molecule has 0 fully saturated rings. The number of hydrogen-bond donors (Lipinski definition) is 0. The smallest absolute Gasteiger partial charge is 0.140 e. The summed E-state index contributed by atoms with van der Waals surface area (Å²) in [5.74, 6) is 0. The fraction of sp³-hybridized carbons (Fsp3) is 0.462. The average molecular weight is 294 g/mol. The lowest BCUT2D eigenvalue weighted by Crippen LogP contribution is -2.38. The van der Waals surface area contributed by atoms with Crippen molar-refractivity contribution in [1.82, 2.24) is 14.5 Å². The molecule has 1 aliphatic heterocycles. The Morgan fingerprint density at radius 3 is 2.88 bits per heavy atom. The van der Waals surface area contributed by atoms with Gasteiger partial charge in [0.2, 0.25) is 0 Å². The second-order valence-corrected chi connectivity index (χ2v) is 5.83. The van der Waals surface area contributed by atoms with Gasteiger partial charge in [0.25, 0.3) is 0 Å². The fourth-order valence-corrected chi connectivity index (χ4v) is 2.86. The van der Waals surface area contributed by atoms with E-state index in [4.69, 9.17) is 0 Å². The van der Waals surface area contributed by atoms with Crippen molar-refractivity contribution in [2.45, 2.75) is 33.0 Å². The van der Waals surface area contributed by atoms with Gasteiger partial charge in [-0.25, -0.2) is 4.98 Å². The van der Waals surface area contributed by atoms with E-state index in [9.17, 15) is 0 Å². The van der Waals surface area contributed by atoms with Crippen molar-refractivity contribution in [1.29, 1.82) is 0 Å². The predicted octanol–water partition coefficient (Wildman–Crippen LogP) is 3.02. The molecule has 1 aliphatic rings. The quantitative estimate of drug-likeness (QED) is 0.806. The molecule has 0 aliphatic carbocycles. The normalized spacial score (nSPS) is 16.7. The Morgan fingerprint density at radius 1 is 1.29 bits per heavy atom. The molecule has 3 heterocycles. The zero-order chi connectivity index (χ0) is 12.0. The predicted molar refractivity (Wildman–Crippen MR) is 73.0 cm³/mol. The first-order chi connectivity index (χ1) is 8.15. The van der Waals surface area contributed by atoms with Crippen LogP contribution >= 0.6 is 15.9 Å². The highest BCUT2D eigenvalue weighted by atomic mass is 79.9. The van der Waals surface area contributed by atoms with Crippen molar-refractivity contribution in [2.24, 2.45) is 0 Å². The summed E-state index contributed by atoms with van der Waals surface area (Å²) in [6.07, 6.45) is 1.88. The van der Waals surface area contributed by atoms with Gasteiger partial charge in [-0.05, 0) is 41.9 Å². The number of fused-ring (bicyclic) bond motifs is 3. The Kier molecular flexibility index (Phi) is 2.71. The van der Waals surface area contributed by atoms with Gasteiger partial charge in [0.1, 0.15) is 5.65 Å². The molecule has 0 spiro atoms. The lowest BCUT2D eigenvalue weighted by Gasteiger charge is -2.31. The van der Waals surface area contributed by atoms with Crippen LogP contribution in [-0.2, 0) is 13.1 Å². The van der Waals surface area contributed by atoms with Crippen LogP contribution in [0.2, 0.25) is 0 Å². The zero-order valence-corrected chi connectivity index (χ0v) is 11.7. The third kappa shape index (κ3) is 1.89. The number of aromatic nitrogens is 2. The molecule has 2 aromatic rings. The first kappa shape index (κ1) is 11.2. The SMILES string of the molecule is CC(C)N1CCn2c(cc3cc(Br)cnc32)C1. The molecule has 0 saturated carbocycles. The Morgan fingerprint density at radius 2 is 2.12 bits per heavy atom. The third-order valence-corrected chi connectivity index (χ3v) is 3.93. The van der Waals surface area contributed by atoms with Gasteiger partial charge in [0.15, 0.2) is 0 Å². The van der Waals surface area contributed by atoms with Gasteiger partial charge in [-0.2, -0.15) is 0 Å². The maximum absolute atomic E-state index is 4.52. The largest absolute Gasteiger partial charge is 0.327 e. The minimum atomic E-state index is 0.612. The van der Waals surface area contributed by atoms with Gasteiger partial charge in [-0.15, -0.1) is 0 Å². The van der Waals surface area contributed by atoms with E-state index in [1.54, 1.807) is 0 Å². The molecule has 0 aromatic carbocycles. The second kappa shape index (κ2) is 4.10. The molecule has 0 unspecified atom stereocenters. The van der Waals surface area contributed by atoms with Gasteiger partial charge < -0.3 is 4.57 Å². The standard InChI is InChI=1S/C13H16BrN3/c1-9(2)16-3-4-17-12(8-16)6-10-5-11(14)7-15-13(10)17/h5-7,9H,3-4,8H2,1-2H3. The van der Waals surface area contributed by atoms with Crippen LogP contribution in [-0.4, -0.2) is 27.0 Å². The summed E-state index contributed by atoms with van der Waals surface area (Å²) in [7, 11) is 0. The zero-order valence-electron chi connectivity index (χ0n) is 10.2. The van der Waals surface area contributed by atoms with Crippen LogP contribution < -0.4 is 0 Å². The molecular formula is C13H16BrN3.